The summed E-state index contributed by atoms with van der Waals surface area (Å²) in [4.78, 5) is 17.2. The molecule has 1 heterocycles. The third-order valence-corrected chi connectivity index (χ3v) is 4.27. The van der Waals surface area contributed by atoms with Crippen LogP contribution in [0, 0.1) is 0 Å². The number of phenols is 1. The summed E-state index contributed by atoms with van der Waals surface area (Å²) >= 11 is 0. The number of phenolic OH excluding ortho intramolecular Hbond substituents is 1. The van der Waals surface area contributed by atoms with Crippen LogP contribution >= 0.6 is 0 Å². The third-order valence-electron chi connectivity index (χ3n) is 4.27. The van der Waals surface area contributed by atoms with Crippen LogP contribution in [-0.2, 0) is 9.63 Å². The zero-order valence-corrected chi connectivity index (χ0v) is 14.0. The average Bonchev–Trinajstić information content (AvgIpc) is 3.03. The van der Waals surface area contributed by atoms with Crippen molar-refractivity contribution in [2.45, 2.75) is 0 Å². The highest BCUT2D eigenvalue weighted by Gasteiger charge is 2.28. The Hall–Kier alpha value is -3.60. The van der Waals surface area contributed by atoms with Gasteiger partial charge in [-0.1, -0.05) is 47.6 Å². The molecule has 1 aliphatic rings. The van der Waals surface area contributed by atoms with Crippen molar-refractivity contribution in [2.24, 2.45) is 5.16 Å². The average molecular weight is 345 g/mol. The molecule has 0 saturated carbocycles. The molecule has 0 spiro atoms. The number of hydrogen-bond acceptors (Lipinski definition) is 5. The van der Waals surface area contributed by atoms with Crippen molar-refractivity contribution in [1.29, 1.82) is 0 Å². The number of benzene rings is 3. The Bertz CT molecular complexity index is 1080. The molecule has 1 N–H and O–H groups in total. The van der Waals surface area contributed by atoms with Gasteiger partial charge in [-0.2, -0.15) is 0 Å². The maximum Gasteiger partial charge on any atom is 0.368 e. The van der Waals surface area contributed by atoms with E-state index in [-0.39, 0.29) is 11.3 Å². The summed E-state index contributed by atoms with van der Waals surface area (Å²) in [5, 5.41) is 16.1. The van der Waals surface area contributed by atoms with Gasteiger partial charge in [-0.25, -0.2) is 4.79 Å². The van der Waals surface area contributed by atoms with E-state index in [0.29, 0.717) is 17.0 Å². The Labute approximate surface area is 149 Å². The van der Waals surface area contributed by atoms with Crippen molar-refractivity contribution < 1.29 is 19.5 Å². The van der Waals surface area contributed by atoms with Gasteiger partial charge in [0.2, 0.25) is 0 Å². The van der Waals surface area contributed by atoms with Crippen LogP contribution in [0.2, 0.25) is 0 Å². The highest BCUT2D eigenvalue weighted by Crippen LogP contribution is 2.30. The summed E-state index contributed by atoms with van der Waals surface area (Å²) in [7, 11) is 1.54. The number of carbonyl (C=O) groups is 1. The molecule has 0 amide bonds. The zero-order valence-electron chi connectivity index (χ0n) is 14.0. The van der Waals surface area contributed by atoms with Crippen LogP contribution in [0.3, 0.4) is 0 Å². The van der Waals surface area contributed by atoms with Gasteiger partial charge in [0.15, 0.2) is 0 Å². The lowest BCUT2D eigenvalue weighted by atomic mass is 9.95. The van der Waals surface area contributed by atoms with Crippen LogP contribution in [0.5, 0.6) is 11.5 Å². The summed E-state index contributed by atoms with van der Waals surface area (Å²) in [6.07, 6.45) is 1.56. The molecule has 0 aromatic heterocycles. The van der Waals surface area contributed by atoms with Crippen molar-refractivity contribution in [2.75, 3.05) is 7.11 Å². The van der Waals surface area contributed by atoms with E-state index in [9.17, 15) is 9.90 Å². The van der Waals surface area contributed by atoms with Gasteiger partial charge in [0.05, 0.1) is 12.7 Å². The molecule has 0 aliphatic carbocycles. The number of aromatic hydroxyl groups is 1. The highest BCUT2D eigenvalue weighted by molar-refractivity contribution is 6.33. The molecule has 0 saturated heterocycles. The lowest BCUT2D eigenvalue weighted by Crippen LogP contribution is -2.07. The van der Waals surface area contributed by atoms with E-state index in [1.165, 1.54) is 13.2 Å². The molecule has 4 rings (SSSR count). The summed E-state index contributed by atoms with van der Waals surface area (Å²) in [5.74, 6) is 0.0510. The van der Waals surface area contributed by atoms with E-state index in [2.05, 4.69) is 5.16 Å². The fraction of sp³-hybridized carbons (Fsp3) is 0.0476. The second-order valence-corrected chi connectivity index (χ2v) is 5.83. The van der Waals surface area contributed by atoms with E-state index in [4.69, 9.17) is 9.57 Å². The topological polar surface area (TPSA) is 68.1 Å². The van der Waals surface area contributed by atoms with Crippen molar-refractivity contribution in [3.05, 3.63) is 77.4 Å². The van der Waals surface area contributed by atoms with Gasteiger partial charge < -0.3 is 14.7 Å². The number of fused-ring (bicyclic) bond motifs is 1. The number of rotatable bonds is 3. The summed E-state index contributed by atoms with van der Waals surface area (Å²) in [5.41, 5.74) is 1.97. The standard InChI is InChI=1S/C21H15NO4/c1-25-15-9-10-19(23)14(11-15)12-18-20(22-26-21(18)24)17-8-4-6-13-5-2-3-7-16(13)17/h2-12,23H,1H3. The highest BCUT2D eigenvalue weighted by atomic mass is 16.7. The Morgan fingerprint density at radius 3 is 2.73 bits per heavy atom. The zero-order chi connectivity index (χ0) is 18.1. The molecule has 5 nitrogen and oxygen atoms in total. The van der Waals surface area contributed by atoms with E-state index in [1.54, 1.807) is 18.2 Å². The van der Waals surface area contributed by atoms with Crippen molar-refractivity contribution in [1.82, 2.24) is 0 Å². The SMILES string of the molecule is COc1ccc(O)c(C=C2C(=O)ON=C2c2cccc3ccccc23)c1. The predicted octanol–water partition coefficient (Wildman–Crippen LogP) is 3.90. The quantitative estimate of drug-likeness (QED) is 0.577. The molecule has 3 aromatic rings. The van der Waals surface area contributed by atoms with Gasteiger partial charge in [0.1, 0.15) is 17.2 Å². The fourth-order valence-corrected chi connectivity index (χ4v) is 2.97. The molecule has 3 aromatic carbocycles. The summed E-state index contributed by atoms with van der Waals surface area (Å²) < 4.78 is 5.18. The molecular formula is C21H15NO4. The van der Waals surface area contributed by atoms with Crippen LogP contribution < -0.4 is 4.74 Å². The largest absolute Gasteiger partial charge is 0.507 e. The molecule has 128 valence electrons. The minimum atomic E-state index is -0.560. The smallest absolute Gasteiger partial charge is 0.368 e. The molecule has 26 heavy (non-hydrogen) atoms. The molecule has 1 aliphatic heterocycles. The lowest BCUT2D eigenvalue weighted by molar-refractivity contribution is -0.136. The second-order valence-electron chi connectivity index (χ2n) is 5.83. The summed E-state index contributed by atoms with van der Waals surface area (Å²) in [6.45, 7) is 0. The number of oxime groups is 1. The first-order chi connectivity index (χ1) is 12.7. The van der Waals surface area contributed by atoms with E-state index < -0.39 is 5.97 Å². The Kier molecular flexibility index (Phi) is 3.89. The van der Waals surface area contributed by atoms with Crippen LogP contribution in [0.15, 0.2) is 71.4 Å². The first-order valence-electron chi connectivity index (χ1n) is 8.04. The van der Waals surface area contributed by atoms with Crippen LogP contribution in [-0.4, -0.2) is 23.9 Å². The maximum atomic E-state index is 12.2. The molecule has 0 atom stereocenters. The molecule has 0 bridgehead atoms. The van der Waals surface area contributed by atoms with E-state index >= 15 is 0 Å². The minimum Gasteiger partial charge on any atom is -0.507 e. The Morgan fingerprint density at radius 2 is 1.88 bits per heavy atom. The van der Waals surface area contributed by atoms with Gasteiger partial charge in [-0.05, 0) is 35.0 Å². The van der Waals surface area contributed by atoms with Crippen LogP contribution in [0.4, 0.5) is 0 Å². The molecule has 5 heteroatoms. The first kappa shape index (κ1) is 15.9. The normalized spacial score (nSPS) is 15.2. The van der Waals surface area contributed by atoms with Gasteiger partial charge in [-0.15, -0.1) is 0 Å². The van der Waals surface area contributed by atoms with Crippen molar-refractivity contribution in [3.8, 4) is 11.5 Å². The van der Waals surface area contributed by atoms with Crippen LogP contribution in [0.1, 0.15) is 11.1 Å². The summed E-state index contributed by atoms with van der Waals surface area (Å²) in [6, 6.07) is 18.4. The first-order valence-corrected chi connectivity index (χ1v) is 8.04. The lowest BCUT2D eigenvalue weighted by Gasteiger charge is -2.07. The van der Waals surface area contributed by atoms with Crippen molar-refractivity contribution >= 4 is 28.5 Å². The van der Waals surface area contributed by atoms with Crippen LogP contribution in [0.25, 0.3) is 16.8 Å². The van der Waals surface area contributed by atoms with Gasteiger partial charge in [0.25, 0.3) is 0 Å². The number of nitrogens with zero attached hydrogens (tertiary/aromatic N) is 1. The Morgan fingerprint density at radius 1 is 1.08 bits per heavy atom. The molecule has 0 unspecified atom stereocenters. The monoisotopic (exact) mass is 345 g/mol. The second kappa shape index (κ2) is 6.37. The fourth-order valence-electron chi connectivity index (χ4n) is 2.97. The van der Waals surface area contributed by atoms with Gasteiger partial charge >= 0.3 is 5.97 Å². The van der Waals surface area contributed by atoms with Gasteiger partial charge in [-0.3, -0.25) is 0 Å². The molecular weight excluding hydrogens is 330 g/mol. The van der Waals surface area contributed by atoms with Gasteiger partial charge in [0, 0.05) is 11.1 Å². The number of carbonyl (C=O) groups excluding carboxylic acids is 1. The molecule has 0 fully saturated rings. The van der Waals surface area contributed by atoms with E-state index in [0.717, 1.165) is 16.3 Å². The number of ether oxygens (including phenoxy) is 1. The predicted molar refractivity (Wildman–Crippen MR) is 99.2 cm³/mol. The number of hydrogen-bond donors (Lipinski definition) is 1. The Balaban J connectivity index is 1.86. The minimum absolute atomic E-state index is 0.0373. The maximum absolute atomic E-state index is 12.2. The van der Waals surface area contributed by atoms with E-state index in [1.807, 2.05) is 42.5 Å². The third kappa shape index (κ3) is 2.69. The molecule has 0 radical (unpaired) electrons. The van der Waals surface area contributed by atoms with Crippen molar-refractivity contribution in [3.63, 3.8) is 0 Å². The number of methoxy groups -OCH3 is 1.